The fourth-order valence-electron chi connectivity index (χ4n) is 1.90. The minimum Gasteiger partial charge on any atom is -0.396 e. The van der Waals surface area contributed by atoms with Crippen LogP contribution in [0, 0.1) is 5.92 Å². The lowest BCUT2D eigenvalue weighted by molar-refractivity contribution is -0.00585. The summed E-state index contributed by atoms with van der Waals surface area (Å²) in [5.74, 6) is -0.269. The molecule has 2 atom stereocenters. The van der Waals surface area contributed by atoms with Crippen molar-refractivity contribution in [1.82, 2.24) is 0 Å². The minimum absolute atomic E-state index is 0.0240. The minimum atomic E-state index is -4.60. The van der Waals surface area contributed by atoms with Gasteiger partial charge in [-0.1, -0.05) is 20.2 Å². The molecule has 2 unspecified atom stereocenters. The second-order valence-corrected chi connectivity index (χ2v) is 7.89. The standard InChI is InChI=1S/C11H27BO9P2/c1-3-11(4-2,5-6-19-22(14,15)16)21-23(17,18)20-9-10(7-12)8-13/h10,13H,3-9,12H2,1-2H3,(H,17,18)(H2,14,15,16). The van der Waals surface area contributed by atoms with Crippen LogP contribution in [0.25, 0.3) is 0 Å². The topological polar surface area (TPSA) is 143 Å². The Morgan fingerprint density at radius 3 is 2.09 bits per heavy atom. The average molecular weight is 376 g/mol. The number of aliphatic hydroxyl groups excluding tert-OH is 1. The first-order chi connectivity index (χ1) is 10.5. The Bertz CT molecular complexity index is 420. The maximum Gasteiger partial charge on any atom is 0.472 e. The van der Waals surface area contributed by atoms with Gasteiger partial charge >= 0.3 is 15.6 Å². The summed E-state index contributed by atoms with van der Waals surface area (Å²) in [6, 6.07) is 0. The third-order valence-electron chi connectivity index (χ3n) is 3.72. The van der Waals surface area contributed by atoms with E-state index in [1.165, 1.54) is 0 Å². The third-order valence-corrected chi connectivity index (χ3v) is 5.34. The summed E-state index contributed by atoms with van der Waals surface area (Å²) < 4.78 is 37.3. The summed E-state index contributed by atoms with van der Waals surface area (Å²) in [6.07, 6.45) is 1.27. The van der Waals surface area contributed by atoms with Crippen LogP contribution in [0.3, 0.4) is 0 Å². The van der Waals surface area contributed by atoms with Crippen molar-refractivity contribution in [2.24, 2.45) is 5.92 Å². The maximum atomic E-state index is 12.1. The van der Waals surface area contributed by atoms with Crippen LogP contribution in [-0.2, 0) is 22.7 Å². The number of hydrogen-bond acceptors (Lipinski definition) is 6. The van der Waals surface area contributed by atoms with E-state index in [9.17, 15) is 14.0 Å². The van der Waals surface area contributed by atoms with Crippen molar-refractivity contribution >= 4 is 23.5 Å². The van der Waals surface area contributed by atoms with Gasteiger partial charge in [-0.3, -0.25) is 13.6 Å². The molecule has 0 aliphatic carbocycles. The van der Waals surface area contributed by atoms with Gasteiger partial charge < -0.3 is 19.8 Å². The van der Waals surface area contributed by atoms with Gasteiger partial charge in [-0.2, -0.15) is 0 Å². The van der Waals surface area contributed by atoms with Gasteiger partial charge in [-0.05, 0) is 18.8 Å². The van der Waals surface area contributed by atoms with Gasteiger partial charge in [-0.25, -0.2) is 9.13 Å². The van der Waals surface area contributed by atoms with Crippen molar-refractivity contribution in [2.75, 3.05) is 19.8 Å². The number of hydrogen-bond donors (Lipinski definition) is 4. The highest BCUT2D eigenvalue weighted by Crippen LogP contribution is 2.50. The van der Waals surface area contributed by atoms with E-state index in [2.05, 4.69) is 4.52 Å². The molecule has 0 aromatic carbocycles. The SMILES string of the molecule is BCC(CO)COP(=O)(O)OC(CC)(CC)CCOP(=O)(O)O. The molecule has 0 amide bonds. The van der Waals surface area contributed by atoms with Crippen LogP contribution in [0.1, 0.15) is 33.1 Å². The summed E-state index contributed by atoms with van der Waals surface area (Å²) in [5.41, 5.74) is -1.10. The molecule has 0 spiro atoms. The summed E-state index contributed by atoms with van der Waals surface area (Å²) in [5, 5.41) is 9.06. The molecule has 0 aliphatic heterocycles. The van der Waals surface area contributed by atoms with E-state index in [1.54, 1.807) is 13.8 Å². The van der Waals surface area contributed by atoms with Crippen molar-refractivity contribution in [2.45, 2.75) is 45.0 Å². The van der Waals surface area contributed by atoms with Crippen LogP contribution in [0.2, 0.25) is 6.32 Å². The van der Waals surface area contributed by atoms with E-state index >= 15 is 0 Å². The lowest BCUT2D eigenvalue weighted by Crippen LogP contribution is -2.32. The molecule has 4 N–H and O–H groups in total. The molecule has 0 radical (unpaired) electrons. The largest absolute Gasteiger partial charge is 0.472 e. The quantitative estimate of drug-likeness (QED) is 0.272. The van der Waals surface area contributed by atoms with Gasteiger partial charge in [0.2, 0.25) is 0 Å². The summed E-state index contributed by atoms with van der Waals surface area (Å²) in [4.78, 5) is 27.2. The van der Waals surface area contributed by atoms with Crippen LogP contribution in [-0.4, -0.2) is 53.1 Å². The van der Waals surface area contributed by atoms with Crippen molar-refractivity contribution in [3.8, 4) is 0 Å². The van der Waals surface area contributed by atoms with E-state index in [0.29, 0.717) is 19.2 Å². The van der Waals surface area contributed by atoms with Crippen LogP contribution >= 0.6 is 15.6 Å². The fraction of sp³-hybridized carbons (Fsp3) is 1.00. The molecule has 0 fully saturated rings. The molecule has 0 aromatic rings. The lowest BCUT2D eigenvalue weighted by Gasteiger charge is -2.33. The highest BCUT2D eigenvalue weighted by molar-refractivity contribution is 7.47. The first-order valence-electron chi connectivity index (χ1n) is 7.52. The van der Waals surface area contributed by atoms with Crippen LogP contribution in [0.5, 0.6) is 0 Å². The summed E-state index contributed by atoms with van der Waals surface area (Å²) in [6.45, 7) is 2.84. The van der Waals surface area contributed by atoms with Gasteiger partial charge in [0.25, 0.3) is 0 Å². The molecule has 0 bridgehead atoms. The van der Waals surface area contributed by atoms with Crippen LogP contribution in [0.15, 0.2) is 0 Å². The van der Waals surface area contributed by atoms with Gasteiger partial charge in [0.1, 0.15) is 7.85 Å². The maximum absolute atomic E-state index is 12.1. The highest BCUT2D eigenvalue weighted by Gasteiger charge is 2.37. The van der Waals surface area contributed by atoms with E-state index < -0.39 is 21.2 Å². The van der Waals surface area contributed by atoms with E-state index in [1.807, 2.05) is 7.85 Å². The molecular weight excluding hydrogens is 349 g/mol. The number of phosphoric acid groups is 2. The van der Waals surface area contributed by atoms with E-state index in [-0.39, 0.29) is 32.2 Å². The molecule has 9 nitrogen and oxygen atoms in total. The van der Waals surface area contributed by atoms with Gasteiger partial charge in [0.05, 0.1) is 18.8 Å². The van der Waals surface area contributed by atoms with Crippen molar-refractivity contribution in [3.05, 3.63) is 0 Å². The summed E-state index contributed by atoms with van der Waals surface area (Å²) in [7, 11) is -7.16. The van der Waals surface area contributed by atoms with Crippen LogP contribution < -0.4 is 0 Å². The first kappa shape index (κ1) is 23.2. The predicted molar refractivity (Wildman–Crippen MR) is 86.7 cm³/mol. The van der Waals surface area contributed by atoms with Crippen LogP contribution in [0.4, 0.5) is 0 Å². The molecule has 0 saturated carbocycles. The van der Waals surface area contributed by atoms with Crippen molar-refractivity contribution < 1.29 is 42.5 Å². The molecule has 0 aliphatic rings. The highest BCUT2D eigenvalue weighted by atomic mass is 31.2. The van der Waals surface area contributed by atoms with Crippen molar-refractivity contribution in [3.63, 3.8) is 0 Å². The third kappa shape index (κ3) is 9.97. The molecule has 0 aromatic heterocycles. The Morgan fingerprint density at radius 1 is 1.13 bits per heavy atom. The van der Waals surface area contributed by atoms with Gasteiger partial charge in [-0.15, -0.1) is 0 Å². The molecule has 0 saturated heterocycles. The zero-order chi connectivity index (χ0) is 18.1. The Hall–Kier alpha value is 0.245. The second-order valence-electron chi connectivity index (χ2n) is 5.28. The monoisotopic (exact) mass is 376 g/mol. The Kier molecular flexibility index (Phi) is 10.4. The zero-order valence-corrected chi connectivity index (χ0v) is 15.5. The molecular formula is C11H27BO9P2. The Balaban J connectivity index is 4.75. The fourth-order valence-corrected chi connectivity index (χ4v) is 3.52. The lowest BCUT2D eigenvalue weighted by atomic mass is 9.93. The Labute approximate surface area is 137 Å². The number of phosphoric ester groups is 2. The molecule has 0 rings (SSSR count). The number of aliphatic hydroxyl groups is 1. The second kappa shape index (κ2) is 10.3. The smallest absolute Gasteiger partial charge is 0.396 e. The predicted octanol–water partition coefficient (Wildman–Crippen LogP) is 0.838. The Morgan fingerprint density at radius 2 is 1.70 bits per heavy atom. The molecule has 0 heterocycles. The molecule has 23 heavy (non-hydrogen) atoms. The summed E-state index contributed by atoms with van der Waals surface area (Å²) >= 11 is 0. The zero-order valence-electron chi connectivity index (χ0n) is 13.8. The average Bonchev–Trinajstić information content (AvgIpc) is 2.45. The molecule has 12 heteroatoms. The van der Waals surface area contributed by atoms with Gasteiger partial charge in [0.15, 0.2) is 0 Å². The van der Waals surface area contributed by atoms with E-state index in [4.69, 9.17) is 23.9 Å². The molecule has 138 valence electrons. The van der Waals surface area contributed by atoms with Crippen molar-refractivity contribution in [1.29, 1.82) is 0 Å². The number of rotatable bonds is 13. The normalized spacial score (nSPS) is 17.0. The first-order valence-corrected chi connectivity index (χ1v) is 10.5. The van der Waals surface area contributed by atoms with Gasteiger partial charge in [0, 0.05) is 13.0 Å². The van der Waals surface area contributed by atoms with E-state index in [0.717, 1.165) is 0 Å².